The van der Waals surface area contributed by atoms with Crippen molar-refractivity contribution in [2.75, 3.05) is 31.6 Å². The molecule has 1 aromatic carbocycles. The van der Waals surface area contributed by atoms with Crippen LogP contribution in [0, 0.1) is 5.92 Å². The third-order valence-electron chi connectivity index (χ3n) is 4.00. The average Bonchev–Trinajstić information content (AvgIpc) is 2.89. The van der Waals surface area contributed by atoms with Crippen LogP contribution in [0.15, 0.2) is 38.6 Å². The summed E-state index contributed by atoms with van der Waals surface area (Å²) < 4.78 is 24.1. The molecule has 0 aliphatic carbocycles. The van der Waals surface area contributed by atoms with Gasteiger partial charge in [-0.15, -0.1) is 11.8 Å². The van der Waals surface area contributed by atoms with E-state index in [1.54, 1.807) is 18.8 Å². The van der Waals surface area contributed by atoms with Gasteiger partial charge in [0.15, 0.2) is 15.8 Å². The Morgan fingerprint density at radius 1 is 1.32 bits per heavy atom. The fraction of sp³-hybridized carbons (Fsp3) is 0.588. The highest BCUT2D eigenvalue weighted by Gasteiger charge is 2.28. The smallest absolute Gasteiger partial charge is 0.191 e. The molecule has 1 fully saturated rings. The first kappa shape index (κ1) is 20.6. The summed E-state index contributed by atoms with van der Waals surface area (Å²) in [5.74, 6) is 1.48. The Morgan fingerprint density at radius 3 is 2.56 bits per heavy atom. The molecule has 0 radical (unpaired) electrons. The fourth-order valence-corrected chi connectivity index (χ4v) is 5.83. The molecule has 8 heteroatoms. The minimum atomic E-state index is -2.83. The molecule has 0 saturated carbocycles. The third-order valence-corrected chi connectivity index (χ3v) is 7.57. The monoisotopic (exact) mass is 447 g/mol. The lowest BCUT2D eigenvalue weighted by Gasteiger charge is -2.26. The molecule has 1 unspecified atom stereocenters. The Morgan fingerprint density at radius 2 is 2.00 bits per heavy atom. The number of hydrogen-bond acceptors (Lipinski definition) is 4. The summed E-state index contributed by atoms with van der Waals surface area (Å²) in [6, 6.07) is 8.29. The lowest BCUT2D eigenvalue weighted by atomic mass is 10.1. The van der Waals surface area contributed by atoms with Gasteiger partial charge in [0.25, 0.3) is 0 Å². The fourth-order valence-electron chi connectivity index (χ4n) is 2.65. The van der Waals surface area contributed by atoms with Crippen LogP contribution in [0.25, 0.3) is 0 Å². The Hall–Kier alpha value is -0.730. The molecule has 140 valence electrons. The first-order valence-corrected chi connectivity index (χ1v) is 11.7. The van der Waals surface area contributed by atoms with Crippen molar-refractivity contribution in [1.29, 1.82) is 0 Å². The van der Waals surface area contributed by atoms with Crippen LogP contribution >= 0.6 is 27.7 Å². The average molecular weight is 448 g/mol. The van der Waals surface area contributed by atoms with E-state index in [4.69, 9.17) is 0 Å². The predicted octanol–water partition coefficient (Wildman–Crippen LogP) is 2.92. The van der Waals surface area contributed by atoms with E-state index >= 15 is 0 Å². The van der Waals surface area contributed by atoms with Gasteiger partial charge in [0, 0.05) is 34.3 Å². The molecule has 25 heavy (non-hydrogen) atoms. The second kappa shape index (κ2) is 8.77. The van der Waals surface area contributed by atoms with Crippen LogP contribution < -0.4 is 10.6 Å². The van der Waals surface area contributed by atoms with E-state index in [1.165, 1.54) is 4.90 Å². The zero-order valence-corrected chi connectivity index (χ0v) is 18.1. The SMILES string of the molecule is CN=C(NCC1CCS(=O)(=O)C1)NCC(C)(C)Sc1ccc(Br)cc1. The second-order valence-electron chi connectivity index (χ2n) is 6.89. The molecule has 1 aliphatic heterocycles. The highest BCUT2D eigenvalue weighted by atomic mass is 79.9. The summed E-state index contributed by atoms with van der Waals surface area (Å²) in [7, 11) is -1.10. The van der Waals surface area contributed by atoms with Gasteiger partial charge in [-0.1, -0.05) is 15.9 Å². The van der Waals surface area contributed by atoms with Crippen LogP contribution in [0.2, 0.25) is 0 Å². The molecule has 1 aliphatic rings. The van der Waals surface area contributed by atoms with Crippen LogP contribution in [0.1, 0.15) is 20.3 Å². The molecule has 0 aromatic heterocycles. The molecule has 0 spiro atoms. The zero-order chi connectivity index (χ0) is 18.5. The van der Waals surface area contributed by atoms with E-state index in [-0.39, 0.29) is 16.4 Å². The Labute approximate surface area is 163 Å². The quantitative estimate of drug-likeness (QED) is 0.398. The Bertz CT molecular complexity index is 703. The van der Waals surface area contributed by atoms with Gasteiger partial charge < -0.3 is 10.6 Å². The van der Waals surface area contributed by atoms with Crippen molar-refractivity contribution in [2.45, 2.75) is 29.9 Å². The van der Waals surface area contributed by atoms with E-state index in [0.717, 1.165) is 17.4 Å². The van der Waals surface area contributed by atoms with Crippen molar-refractivity contribution in [3.8, 4) is 0 Å². The molecular weight excluding hydrogens is 422 g/mol. The lowest BCUT2D eigenvalue weighted by molar-refractivity contribution is 0.564. The van der Waals surface area contributed by atoms with E-state index in [2.05, 4.69) is 57.5 Å². The number of nitrogens with one attached hydrogen (secondary N) is 2. The number of sulfone groups is 1. The summed E-state index contributed by atoms with van der Waals surface area (Å²) in [6.07, 6.45) is 0.733. The summed E-state index contributed by atoms with van der Waals surface area (Å²) in [4.78, 5) is 5.45. The van der Waals surface area contributed by atoms with Crippen LogP contribution in [0.3, 0.4) is 0 Å². The van der Waals surface area contributed by atoms with Gasteiger partial charge in [-0.25, -0.2) is 8.42 Å². The summed E-state index contributed by atoms with van der Waals surface area (Å²) in [5.41, 5.74) is 0. The largest absolute Gasteiger partial charge is 0.356 e. The highest BCUT2D eigenvalue weighted by molar-refractivity contribution is 9.10. The van der Waals surface area contributed by atoms with Gasteiger partial charge in [-0.2, -0.15) is 0 Å². The van der Waals surface area contributed by atoms with Crippen molar-refractivity contribution >= 4 is 43.5 Å². The molecule has 0 amide bonds. The number of halogens is 1. The Kier molecular flexibility index (Phi) is 7.22. The third kappa shape index (κ3) is 7.19. The normalized spacial score (nSPS) is 20.5. The summed E-state index contributed by atoms with van der Waals surface area (Å²) in [5, 5.41) is 6.60. The number of nitrogens with zero attached hydrogens (tertiary/aromatic N) is 1. The zero-order valence-electron chi connectivity index (χ0n) is 14.9. The number of thioether (sulfide) groups is 1. The minimum absolute atomic E-state index is 0.0118. The summed E-state index contributed by atoms with van der Waals surface area (Å²) in [6.45, 7) is 5.75. The highest BCUT2D eigenvalue weighted by Crippen LogP contribution is 2.32. The van der Waals surface area contributed by atoms with Crippen LogP contribution in [-0.2, 0) is 9.84 Å². The standard InChI is InChI=1S/C17H26BrN3O2S2/c1-17(2,24-15-6-4-14(18)5-7-15)12-21-16(19-3)20-10-13-8-9-25(22,23)11-13/h4-7,13H,8-12H2,1-3H3,(H2,19,20,21). The van der Waals surface area contributed by atoms with Crippen molar-refractivity contribution in [1.82, 2.24) is 10.6 Å². The molecule has 1 saturated heterocycles. The van der Waals surface area contributed by atoms with E-state index in [1.807, 2.05) is 12.1 Å². The second-order valence-corrected chi connectivity index (χ2v) is 11.8. The van der Waals surface area contributed by atoms with Gasteiger partial charge in [0.2, 0.25) is 0 Å². The lowest BCUT2D eigenvalue weighted by Crippen LogP contribution is -2.44. The molecule has 2 N–H and O–H groups in total. The first-order valence-electron chi connectivity index (χ1n) is 8.29. The van der Waals surface area contributed by atoms with Gasteiger partial charge in [0.1, 0.15) is 0 Å². The van der Waals surface area contributed by atoms with Gasteiger partial charge >= 0.3 is 0 Å². The minimum Gasteiger partial charge on any atom is -0.356 e. The molecule has 1 aromatic rings. The van der Waals surface area contributed by atoms with Gasteiger partial charge in [-0.05, 0) is 50.5 Å². The molecule has 1 heterocycles. The van der Waals surface area contributed by atoms with Crippen molar-refractivity contribution < 1.29 is 8.42 Å². The van der Waals surface area contributed by atoms with Crippen molar-refractivity contribution in [3.05, 3.63) is 28.7 Å². The maximum atomic E-state index is 11.5. The van der Waals surface area contributed by atoms with E-state index in [9.17, 15) is 8.42 Å². The van der Waals surface area contributed by atoms with Crippen LogP contribution in [-0.4, -0.2) is 50.8 Å². The van der Waals surface area contributed by atoms with Crippen molar-refractivity contribution in [3.63, 3.8) is 0 Å². The number of aliphatic imine (C=N–C) groups is 1. The molecule has 2 rings (SSSR count). The Balaban J connectivity index is 1.79. The maximum absolute atomic E-state index is 11.5. The summed E-state index contributed by atoms with van der Waals surface area (Å²) >= 11 is 5.26. The number of hydrogen-bond donors (Lipinski definition) is 2. The molecular formula is C17H26BrN3O2S2. The first-order chi connectivity index (χ1) is 11.7. The van der Waals surface area contributed by atoms with Crippen LogP contribution in [0.5, 0.6) is 0 Å². The van der Waals surface area contributed by atoms with Crippen LogP contribution in [0.4, 0.5) is 0 Å². The maximum Gasteiger partial charge on any atom is 0.191 e. The van der Waals surface area contributed by atoms with Gasteiger partial charge in [-0.3, -0.25) is 4.99 Å². The van der Waals surface area contributed by atoms with E-state index < -0.39 is 9.84 Å². The van der Waals surface area contributed by atoms with Crippen molar-refractivity contribution in [2.24, 2.45) is 10.9 Å². The predicted molar refractivity (Wildman–Crippen MR) is 110 cm³/mol. The van der Waals surface area contributed by atoms with Gasteiger partial charge in [0.05, 0.1) is 11.5 Å². The molecule has 5 nitrogen and oxygen atoms in total. The van der Waals surface area contributed by atoms with E-state index in [0.29, 0.717) is 18.3 Å². The topological polar surface area (TPSA) is 70.6 Å². The number of rotatable bonds is 6. The number of guanidine groups is 1. The molecule has 1 atom stereocenters. The number of benzene rings is 1. The molecule has 0 bridgehead atoms.